The molecule has 0 atom stereocenters. The summed E-state index contributed by atoms with van der Waals surface area (Å²) in [5, 5.41) is 0. The lowest BCUT2D eigenvalue weighted by molar-refractivity contribution is 0.0936. The molecule has 4 nitrogen and oxygen atoms in total. The maximum absolute atomic E-state index is 12.0. The van der Waals surface area contributed by atoms with Crippen LogP contribution in [0, 0.1) is 0 Å². The van der Waals surface area contributed by atoms with Crippen molar-refractivity contribution in [2.24, 2.45) is 0 Å². The number of carbonyl (C=O) groups is 1. The van der Waals surface area contributed by atoms with Gasteiger partial charge in [-0.2, -0.15) is 0 Å². The van der Waals surface area contributed by atoms with Crippen molar-refractivity contribution in [3.63, 3.8) is 0 Å². The molecule has 1 saturated heterocycles. The Kier molecular flexibility index (Phi) is 4.19. The van der Waals surface area contributed by atoms with E-state index in [1.54, 1.807) is 12.1 Å². The topological polar surface area (TPSA) is 54.5 Å². The molecule has 0 saturated carbocycles. The molecule has 0 radical (unpaired) electrons. The van der Waals surface area contributed by atoms with E-state index in [-0.39, 0.29) is 23.8 Å². The number of carbonyl (C=O) groups excluding carboxylic acids is 1. The number of sulfone groups is 1. The van der Waals surface area contributed by atoms with E-state index in [1.807, 2.05) is 17.0 Å². The molecular formula is C12H14BrNO3S. The Labute approximate surface area is 115 Å². The largest absolute Gasteiger partial charge is 0.294 e. The summed E-state index contributed by atoms with van der Waals surface area (Å²) in [6.07, 6.45) is 0. The van der Waals surface area contributed by atoms with Crippen LogP contribution in [0.25, 0.3) is 0 Å². The molecule has 98 valence electrons. The first-order valence-electron chi connectivity index (χ1n) is 5.68. The minimum absolute atomic E-state index is 0.0237. The van der Waals surface area contributed by atoms with Gasteiger partial charge in [-0.25, -0.2) is 8.42 Å². The molecule has 1 aliphatic heterocycles. The summed E-state index contributed by atoms with van der Waals surface area (Å²) in [4.78, 5) is 13.9. The highest BCUT2D eigenvalue weighted by atomic mass is 79.9. The summed E-state index contributed by atoms with van der Waals surface area (Å²) >= 11 is 3.33. The first kappa shape index (κ1) is 13.7. The lowest BCUT2D eigenvalue weighted by Crippen LogP contribution is -2.42. The van der Waals surface area contributed by atoms with Crippen molar-refractivity contribution in [3.05, 3.63) is 34.3 Å². The first-order chi connectivity index (χ1) is 8.46. The second kappa shape index (κ2) is 5.50. The summed E-state index contributed by atoms with van der Waals surface area (Å²) in [6, 6.07) is 7.24. The standard InChI is InChI=1S/C12H14BrNO3S/c13-11-3-1-2-10(8-11)12(15)9-14-4-6-18(16,17)7-5-14/h1-3,8H,4-7,9H2. The minimum atomic E-state index is -2.88. The van der Waals surface area contributed by atoms with Gasteiger partial charge in [0, 0.05) is 23.1 Å². The molecule has 1 aromatic carbocycles. The van der Waals surface area contributed by atoms with Gasteiger partial charge in [-0.3, -0.25) is 9.69 Å². The first-order valence-corrected chi connectivity index (χ1v) is 8.29. The number of hydrogen-bond donors (Lipinski definition) is 0. The SMILES string of the molecule is O=C(CN1CCS(=O)(=O)CC1)c1cccc(Br)c1. The smallest absolute Gasteiger partial charge is 0.176 e. The molecule has 0 bridgehead atoms. The highest BCUT2D eigenvalue weighted by Crippen LogP contribution is 2.13. The molecule has 18 heavy (non-hydrogen) atoms. The second-order valence-electron chi connectivity index (χ2n) is 4.36. The van der Waals surface area contributed by atoms with Crippen LogP contribution in [0.5, 0.6) is 0 Å². The Hall–Kier alpha value is -0.720. The lowest BCUT2D eigenvalue weighted by atomic mass is 10.1. The fourth-order valence-electron chi connectivity index (χ4n) is 1.86. The minimum Gasteiger partial charge on any atom is -0.294 e. The predicted octanol–water partition coefficient (Wildman–Crippen LogP) is 1.36. The van der Waals surface area contributed by atoms with Crippen LogP contribution < -0.4 is 0 Å². The molecule has 0 unspecified atom stereocenters. The van der Waals surface area contributed by atoms with Gasteiger partial charge < -0.3 is 0 Å². The van der Waals surface area contributed by atoms with Crippen molar-refractivity contribution in [2.45, 2.75) is 0 Å². The molecule has 1 fully saturated rings. The van der Waals surface area contributed by atoms with Gasteiger partial charge in [-0.1, -0.05) is 28.1 Å². The third-order valence-electron chi connectivity index (χ3n) is 2.95. The van der Waals surface area contributed by atoms with E-state index in [9.17, 15) is 13.2 Å². The molecule has 0 amide bonds. The second-order valence-corrected chi connectivity index (χ2v) is 7.58. The summed E-state index contributed by atoms with van der Waals surface area (Å²) in [5.41, 5.74) is 0.651. The van der Waals surface area contributed by atoms with Crippen molar-refractivity contribution in [3.8, 4) is 0 Å². The Morgan fingerprint density at radius 3 is 2.56 bits per heavy atom. The summed E-state index contributed by atoms with van der Waals surface area (Å²) in [6.45, 7) is 1.18. The van der Waals surface area contributed by atoms with Gasteiger partial charge in [-0.15, -0.1) is 0 Å². The van der Waals surface area contributed by atoms with Gasteiger partial charge in [-0.05, 0) is 12.1 Å². The number of Topliss-reactive ketones (excluding diaryl/α,β-unsaturated/α-hetero) is 1. The average Bonchev–Trinajstić information content (AvgIpc) is 2.32. The molecular weight excluding hydrogens is 318 g/mol. The van der Waals surface area contributed by atoms with Crippen molar-refractivity contribution >= 4 is 31.6 Å². The zero-order chi connectivity index (χ0) is 13.2. The van der Waals surface area contributed by atoms with Gasteiger partial charge in [0.15, 0.2) is 15.6 Å². The van der Waals surface area contributed by atoms with Crippen molar-refractivity contribution in [1.82, 2.24) is 4.90 Å². The van der Waals surface area contributed by atoms with Crippen LogP contribution >= 0.6 is 15.9 Å². The highest BCUT2D eigenvalue weighted by Gasteiger charge is 2.23. The zero-order valence-corrected chi connectivity index (χ0v) is 12.2. The quantitative estimate of drug-likeness (QED) is 0.785. The number of halogens is 1. The van der Waals surface area contributed by atoms with Crippen LogP contribution in [-0.2, 0) is 9.84 Å². The zero-order valence-electron chi connectivity index (χ0n) is 9.80. The Bertz CT molecular complexity index is 542. The van der Waals surface area contributed by atoms with E-state index in [0.29, 0.717) is 18.7 Å². The molecule has 0 aliphatic carbocycles. The monoisotopic (exact) mass is 331 g/mol. The number of ketones is 1. The summed E-state index contributed by atoms with van der Waals surface area (Å²) < 4.78 is 23.4. The number of rotatable bonds is 3. The fourth-order valence-corrected chi connectivity index (χ4v) is 3.54. The lowest BCUT2D eigenvalue weighted by Gasteiger charge is -2.25. The van der Waals surface area contributed by atoms with Crippen molar-refractivity contribution < 1.29 is 13.2 Å². The summed E-state index contributed by atoms with van der Waals surface area (Å²) in [5.74, 6) is 0.327. The van der Waals surface area contributed by atoms with E-state index in [0.717, 1.165) is 4.47 Å². The highest BCUT2D eigenvalue weighted by molar-refractivity contribution is 9.10. The number of nitrogens with zero attached hydrogens (tertiary/aromatic N) is 1. The average molecular weight is 332 g/mol. The van der Waals surface area contributed by atoms with Crippen molar-refractivity contribution in [1.29, 1.82) is 0 Å². The van der Waals surface area contributed by atoms with Gasteiger partial charge in [0.2, 0.25) is 0 Å². The number of hydrogen-bond acceptors (Lipinski definition) is 4. The van der Waals surface area contributed by atoms with E-state index >= 15 is 0 Å². The Morgan fingerprint density at radius 2 is 1.94 bits per heavy atom. The molecule has 1 aliphatic rings. The van der Waals surface area contributed by atoms with Gasteiger partial charge in [0.1, 0.15) is 0 Å². The molecule has 6 heteroatoms. The molecule has 0 spiro atoms. The Morgan fingerprint density at radius 1 is 1.28 bits per heavy atom. The molecule has 0 N–H and O–H groups in total. The van der Waals surface area contributed by atoms with Gasteiger partial charge in [0.25, 0.3) is 0 Å². The molecule has 1 aromatic rings. The van der Waals surface area contributed by atoms with E-state index in [1.165, 1.54) is 0 Å². The van der Waals surface area contributed by atoms with Crippen LogP contribution in [0.1, 0.15) is 10.4 Å². The maximum atomic E-state index is 12.0. The Balaban J connectivity index is 1.97. The van der Waals surface area contributed by atoms with E-state index in [2.05, 4.69) is 15.9 Å². The molecule has 1 heterocycles. The van der Waals surface area contributed by atoms with Crippen LogP contribution in [0.2, 0.25) is 0 Å². The van der Waals surface area contributed by atoms with Crippen LogP contribution in [0.4, 0.5) is 0 Å². The van der Waals surface area contributed by atoms with Crippen LogP contribution in [0.15, 0.2) is 28.7 Å². The van der Waals surface area contributed by atoms with Gasteiger partial charge in [0.05, 0.1) is 18.1 Å². The predicted molar refractivity (Wildman–Crippen MR) is 73.6 cm³/mol. The normalized spacial score (nSPS) is 19.6. The van der Waals surface area contributed by atoms with E-state index < -0.39 is 9.84 Å². The summed E-state index contributed by atoms with van der Waals surface area (Å²) in [7, 11) is -2.88. The van der Waals surface area contributed by atoms with Crippen molar-refractivity contribution in [2.75, 3.05) is 31.1 Å². The third-order valence-corrected chi connectivity index (χ3v) is 5.05. The fraction of sp³-hybridized carbons (Fsp3) is 0.417. The third kappa shape index (κ3) is 3.63. The van der Waals surface area contributed by atoms with E-state index in [4.69, 9.17) is 0 Å². The van der Waals surface area contributed by atoms with Crippen LogP contribution in [-0.4, -0.2) is 50.2 Å². The number of benzene rings is 1. The van der Waals surface area contributed by atoms with Crippen LogP contribution in [0.3, 0.4) is 0 Å². The van der Waals surface area contributed by atoms with Gasteiger partial charge >= 0.3 is 0 Å². The molecule has 0 aromatic heterocycles. The molecule has 2 rings (SSSR count). The maximum Gasteiger partial charge on any atom is 0.176 e.